The van der Waals surface area contributed by atoms with Gasteiger partial charge >= 0.3 is 0 Å². The number of carbonyl (C=O) groups excluding carboxylic acids is 3. The molecule has 2 saturated heterocycles. The monoisotopic (exact) mass is 421 g/mol. The average Bonchev–Trinajstić information content (AvgIpc) is 2.74. The second-order valence-corrected chi connectivity index (χ2v) is 8.13. The van der Waals surface area contributed by atoms with Crippen molar-refractivity contribution in [1.29, 1.82) is 0 Å². The number of hydrogen-bond donors (Lipinski definition) is 1. The zero-order valence-corrected chi connectivity index (χ0v) is 17.7. The lowest BCUT2D eigenvalue weighted by Gasteiger charge is -2.40. The summed E-state index contributed by atoms with van der Waals surface area (Å²) in [6.07, 6.45) is 3.15. The first-order chi connectivity index (χ1) is 13.8. The Labute approximate surface area is 176 Å². The van der Waals surface area contributed by atoms with Gasteiger partial charge in [0.2, 0.25) is 17.7 Å². The van der Waals surface area contributed by atoms with Gasteiger partial charge in [0.05, 0.1) is 17.0 Å². The van der Waals surface area contributed by atoms with Crippen LogP contribution in [0.2, 0.25) is 5.02 Å². The van der Waals surface area contributed by atoms with Crippen LogP contribution >= 0.6 is 11.6 Å². The van der Waals surface area contributed by atoms with Crippen LogP contribution in [0, 0.1) is 5.92 Å². The molecule has 1 N–H and O–H groups in total. The fourth-order valence-corrected chi connectivity index (χ4v) is 4.02. The number of hydrogen-bond acceptors (Lipinski definition) is 5. The van der Waals surface area contributed by atoms with Gasteiger partial charge < -0.3 is 15.1 Å². The van der Waals surface area contributed by atoms with Crippen molar-refractivity contribution in [3.05, 3.63) is 23.4 Å². The summed E-state index contributed by atoms with van der Waals surface area (Å²) in [5.41, 5.74) is 0. The van der Waals surface area contributed by atoms with E-state index in [-0.39, 0.29) is 29.7 Å². The SMILES string of the molecule is CC(=O)N1CCN(C(=O)C(C)N2CCCC(C(=O)Nc3ccc(Cl)cn3)C2)CC1. The second-order valence-electron chi connectivity index (χ2n) is 7.69. The summed E-state index contributed by atoms with van der Waals surface area (Å²) < 4.78 is 0. The van der Waals surface area contributed by atoms with Crippen LogP contribution in [0.15, 0.2) is 18.3 Å². The molecule has 2 fully saturated rings. The summed E-state index contributed by atoms with van der Waals surface area (Å²) in [4.78, 5) is 46.8. The summed E-state index contributed by atoms with van der Waals surface area (Å²) in [6.45, 7) is 7.06. The summed E-state index contributed by atoms with van der Waals surface area (Å²) >= 11 is 5.83. The van der Waals surface area contributed by atoms with Crippen molar-refractivity contribution in [3.63, 3.8) is 0 Å². The molecule has 0 saturated carbocycles. The lowest BCUT2D eigenvalue weighted by Crippen LogP contribution is -2.56. The van der Waals surface area contributed by atoms with Crippen LogP contribution in [0.25, 0.3) is 0 Å². The Bertz CT molecular complexity index is 749. The van der Waals surface area contributed by atoms with Crippen molar-refractivity contribution in [1.82, 2.24) is 19.7 Å². The van der Waals surface area contributed by atoms with Gasteiger partial charge in [-0.05, 0) is 38.4 Å². The molecule has 0 spiro atoms. The number of piperazine rings is 1. The number of nitrogens with zero attached hydrogens (tertiary/aromatic N) is 4. The molecular formula is C20H28ClN5O3. The smallest absolute Gasteiger partial charge is 0.239 e. The fraction of sp³-hybridized carbons (Fsp3) is 0.600. The van der Waals surface area contributed by atoms with Gasteiger partial charge in [-0.15, -0.1) is 0 Å². The molecule has 2 aliphatic rings. The number of rotatable bonds is 4. The second kappa shape index (κ2) is 9.54. The minimum Gasteiger partial charge on any atom is -0.339 e. The first-order valence-corrected chi connectivity index (χ1v) is 10.4. The molecule has 0 bridgehead atoms. The van der Waals surface area contributed by atoms with E-state index in [2.05, 4.69) is 15.2 Å². The molecule has 0 aromatic carbocycles. The van der Waals surface area contributed by atoms with E-state index >= 15 is 0 Å². The van der Waals surface area contributed by atoms with Crippen LogP contribution in [0.3, 0.4) is 0 Å². The first kappa shape index (κ1) is 21.5. The predicted octanol–water partition coefficient (Wildman–Crippen LogP) is 1.46. The van der Waals surface area contributed by atoms with Crippen LogP contribution in [0.4, 0.5) is 5.82 Å². The van der Waals surface area contributed by atoms with Crippen LogP contribution in [-0.2, 0) is 14.4 Å². The van der Waals surface area contributed by atoms with E-state index in [4.69, 9.17) is 11.6 Å². The Morgan fingerprint density at radius 3 is 2.45 bits per heavy atom. The van der Waals surface area contributed by atoms with E-state index < -0.39 is 0 Å². The number of halogens is 1. The molecule has 158 valence electrons. The lowest BCUT2D eigenvalue weighted by molar-refractivity contribution is -0.143. The zero-order chi connectivity index (χ0) is 21.0. The largest absolute Gasteiger partial charge is 0.339 e. The third kappa shape index (κ3) is 5.45. The maximum absolute atomic E-state index is 12.9. The fourth-order valence-electron chi connectivity index (χ4n) is 3.91. The normalized spacial score (nSPS) is 21.6. The van der Waals surface area contributed by atoms with Gasteiger partial charge in [0, 0.05) is 45.8 Å². The molecule has 2 aliphatic heterocycles. The Hall–Kier alpha value is -2.19. The number of pyridine rings is 1. The molecule has 8 nitrogen and oxygen atoms in total. The summed E-state index contributed by atoms with van der Waals surface area (Å²) in [5, 5.41) is 3.36. The molecular weight excluding hydrogens is 394 g/mol. The van der Waals surface area contributed by atoms with Crippen molar-refractivity contribution < 1.29 is 14.4 Å². The van der Waals surface area contributed by atoms with Gasteiger partial charge in [-0.3, -0.25) is 19.3 Å². The van der Waals surface area contributed by atoms with Crippen LogP contribution in [0.1, 0.15) is 26.7 Å². The Morgan fingerprint density at radius 2 is 1.83 bits per heavy atom. The van der Waals surface area contributed by atoms with Gasteiger partial charge in [0.1, 0.15) is 5.82 Å². The van der Waals surface area contributed by atoms with Crippen molar-refractivity contribution in [2.24, 2.45) is 5.92 Å². The van der Waals surface area contributed by atoms with E-state index in [1.165, 1.54) is 6.20 Å². The highest BCUT2D eigenvalue weighted by molar-refractivity contribution is 6.30. The minimum absolute atomic E-state index is 0.0465. The number of anilines is 1. The number of nitrogens with one attached hydrogen (secondary N) is 1. The molecule has 2 unspecified atom stereocenters. The summed E-state index contributed by atoms with van der Waals surface area (Å²) in [7, 11) is 0. The van der Waals surface area contributed by atoms with Crippen molar-refractivity contribution in [2.45, 2.75) is 32.7 Å². The minimum atomic E-state index is -0.289. The molecule has 3 heterocycles. The first-order valence-electron chi connectivity index (χ1n) is 10.1. The predicted molar refractivity (Wildman–Crippen MR) is 110 cm³/mol. The average molecular weight is 422 g/mol. The number of piperidine rings is 1. The van der Waals surface area contributed by atoms with E-state index in [9.17, 15) is 14.4 Å². The molecule has 9 heteroatoms. The maximum Gasteiger partial charge on any atom is 0.239 e. The van der Waals surface area contributed by atoms with Gasteiger partial charge in [-0.25, -0.2) is 4.98 Å². The highest BCUT2D eigenvalue weighted by atomic mass is 35.5. The molecule has 0 aliphatic carbocycles. The van der Waals surface area contributed by atoms with Crippen molar-refractivity contribution >= 4 is 35.1 Å². The number of likely N-dealkylation sites (tertiary alicyclic amines) is 1. The van der Waals surface area contributed by atoms with Gasteiger partial charge in [-0.2, -0.15) is 0 Å². The van der Waals surface area contributed by atoms with Crippen molar-refractivity contribution in [2.75, 3.05) is 44.6 Å². The zero-order valence-electron chi connectivity index (χ0n) is 16.9. The third-order valence-electron chi connectivity index (χ3n) is 5.74. The molecule has 3 rings (SSSR count). The van der Waals surface area contributed by atoms with E-state index in [0.717, 1.165) is 19.4 Å². The number of aromatic nitrogens is 1. The Morgan fingerprint density at radius 1 is 1.14 bits per heavy atom. The molecule has 1 aromatic rings. The molecule has 3 amide bonds. The van der Waals surface area contributed by atoms with E-state index in [0.29, 0.717) is 43.6 Å². The maximum atomic E-state index is 12.9. The number of amides is 3. The quantitative estimate of drug-likeness (QED) is 0.795. The van der Waals surface area contributed by atoms with E-state index in [1.807, 2.05) is 11.8 Å². The summed E-state index contributed by atoms with van der Waals surface area (Å²) in [5.74, 6) is 0.313. The van der Waals surface area contributed by atoms with Crippen LogP contribution in [-0.4, -0.2) is 82.7 Å². The highest BCUT2D eigenvalue weighted by Gasteiger charge is 2.33. The standard InChI is InChI=1S/C20H28ClN5O3/c1-14(20(29)25-10-8-24(9-11-25)15(2)27)26-7-3-4-16(13-26)19(28)23-18-6-5-17(21)12-22-18/h5-6,12,14,16H,3-4,7-11,13H2,1-2H3,(H,22,23,28). The molecule has 2 atom stereocenters. The van der Waals surface area contributed by atoms with E-state index in [1.54, 1.807) is 24.0 Å². The van der Waals surface area contributed by atoms with Gasteiger partial charge in [0.15, 0.2) is 0 Å². The molecule has 1 aromatic heterocycles. The number of carbonyl (C=O) groups is 3. The molecule has 0 radical (unpaired) electrons. The van der Waals surface area contributed by atoms with Gasteiger partial charge in [0.25, 0.3) is 0 Å². The third-order valence-corrected chi connectivity index (χ3v) is 5.97. The van der Waals surface area contributed by atoms with Crippen LogP contribution in [0.5, 0.6) is 0 Å². The summed E-state index contributed by atoms with van der Waals surface area (Å²) in [6, 6.07) is 3.07. The van der Waals surface area contributed by atoms with Crippen LogP contribution < -0.4 is 5.32 Å². The Balaban J connectivity index is 1.54. The highest BCUT2D eigenvalue weighted by Crippen LogP contribution is 2.21. The topological polar surface area (TPSA) is 85.9 Å². The van der Waals surface area contributed by atoms with Gasteiger partial charge in [-0.1, -0.05) is 11.6 Å². The van der Waals surface area contributed by atoms with Crippen molar-refractivity contribution in [3.8, 4) is 0 Å². The Kier molecular flexibility index (Phi) is 7.08. The molecule has 29 heavy (non-hydrogen) atoms. The lowest BCUT2D eigenvalue weighted by atomic mass is 9.95.